The summed E-state index contributed by atoms with van der Waals surface area (Å²) in [6.45, 7) is 2.06. The maximum Gasteiger partial charge on any atom is 0.412 e. The summed E-state index contributed by atoms with van der Waals surface area (Å²) in [6.07, 6.45) is 11.7. The van der Waals surface area contributed by atoms with Gasteiger partial charge in [-0.3, -0.25) is 19.5 Å². The molecule has 5 nitrogen and oxygen atoms in total. The van der Waals surface area contributed by atoms with Crippen LogP contribution in [0.2, 0.25) is 0 Å². The topological polar surface area (TPSA) is 53.5 Å². The summed E-state index contributed by atoms with van der Waals surface area (Å²) in [5.74, 6) is -1.98. The Balaban J connectivity index is 1.61. The van der Waals surface area contributed by atoms with Gasteiger partial charge in [-0.2, -0.15) is 13.2 Å². The Hall–Kier alpha value is -3.68. The van der Waals surface area contributed by atoms with E-state index in [2.05, 4.69) is 4.98 Å². The first-order valence-corrected chi connectivity index (χ1v) is 12.6. The number of carbonyl (C=O) groups is 2. The lowest BCUT2D eigenvalue weighted by molar-refractivity contribution is -0.140. The van der Waals surface area contributed by atoms with E-state index in [4.69, 9.17) is 0 Å². The average Bonchev–Trinajstić information content (AvgIpc) is 3.00. The summed E-state index contributed by atoms with van der Waals surface area (Å²) in [6, 6.07) is 3.82. The molecular formula is C29H28F3N3O2. The fraction of sp³-hybridized carbons (Fsp3) is 0.345. The number of hydrogen-bond acceptors (Lipinski definition) is 3. The van der Waals surface area contributed by atoms with Crippen LogP contribution in [0.15, 0.2) is 89.2 Å². The molecule has 1 aromatic heterocycles. The summed E-state index contributed by atoms with van der Waals surface area (Å²) in [4.78, 5) is 35.1. The Bertz CT molecular complexity index is 1300. The summed E-state index contributed by atoms with van der Waals surface area (Å²) >= 11 is 0. The number of nitrogens with zero attached hydrogens (tertiary/aromatic N) is 3. The predicted octanol–water partition coefficient (Wildman–Crippen LogP) is 6.22. The van der Waals surface area contributed by atoms with Crippen molar-refractivity contribution in [2.24, 2.45) is 5.92 Å². The molecule has 2 heterocycles. The number of allylic oxidation sites excluding steroid dienone is 9. The molecule has 8 heteroatoms. The van der Waals surface area contributed by atoms with E-state index in [1.807, 2.05) is 36.4 Å². The third-order valence-electron chi connectivity index (χ3n) is 7.28. The summed E-state index contributed by atoms with van der Waals surface area (Å²) < 4.78 is 41.2. The Morgan fingerprint density at radius 2 is 1.89 bits per heavy atom. The zero-order chi connectivity index (χ0) is 26.2. The van der Waals surface area contributed by atoms with Gasteiger partial charge < -0.3 is 4.90 Å². The third-order valence-corrected chi connectivity index (χ3v) is 7.28. The summed E-state index contributed by atoms with van der Waals surface area (Å²) in [7, 11) is 0. The van der Waals surface area contributed by atoms with Crippen LogP contribution in [0, 0.1) is 5.92 Å². The fourth-order valence-corrected chi connectivity index (χ4v) is 5.42. The summed E-state index contributed by atoms with van der Waals surface area (Å²) in [5, 5.41) is 0. The number of aromatic nitrogens is 1. The molecule has 0 radical (unpaired) electrons. The van der Waals surface area contributed by atoms with Crippen molar-refractivity contribution in [3.8, 4) is 0 Å². The van der Waals surface area contributed by atoms with E-state index in [0.717, 1.165) is 23.6 Å². The second-order valence-electron chi connectivity index (χ2n) is 9.47. The molecule has 37 heavy (non-hydrogen) atoms. The van der Waals surface area contributed by atoms with Crippen molar-refractivity contribution in [1.82, 2.24) is 14.8 Å². The molecule has 2 amide bonds. The van der Waals surface area contributed by atoms with Crippen LogP contribution in [-0.2, 0) is 9.59 Å². The normalized spacial score (nSPS) is 22.8. The number of carbonyl (C=O) groups excluding carboxylic acids is 2. The van der Waals surface area contributed by atoms with E-state index in [1.54, 1.807) is 25.4 Å². The van der Waals surface area contributed by atoms with Gasteiger partial charge in [-0.15, -0.1) is 0 Å². The number of hydrogen-bond donors (Lipinski definition) is 0. The van der Waals surface area contributed by atoms with Crippen LogP contribution in [-0.4, -0.2) is 39.3 Å². The van der Waals surface area contributed by atoms with E-state index in [1.165, 1.54) is 9.80 Å². The maximum atomic E-state index is 14.2. The molecule has 3 aliphatic carbocycles. The Morgan fingerprint density at radius 3 is 2.51 bits per heavy atom. The average molecular weight is 508 g/mol. The predicted molar refractivity (Wildman–Crippen MR) is 134 cm³/mol. The van der Waals surface area contributed by atoms with Crippen molar-refractivity contribution in [3.63, 3.8) is 0 Å². The highest BCUT2D eigenvalue weighted by Gasteiger charge is 2.46. The second-order valence-corrected chi connectivity index (χ2v) is 9.47. The van der Waals surface area contributed by atoms with Crippen LogP contribution in [0.1, 0.15) is 51.0 Å². The van der Waals surface area contributed by atoms with Gasteiger partial charge in [0.1, 0.15) is 5.92 Å². The maximum absolute atomic E-state index is 14.2. The number of halogens is 3. The second kappa shape index (κ2) is 10.00. The highest BCUT2D eigenvalue weighted by Crippen LogP contribution is 2.43. The largest absolute Gasteiger partial charge is 0.412 e. The zero-order valence-electron chi connectivity index (χ0n) is 20.6. The Morgan fingerprint density at radius 1 is 1.05 bits per heavy atom. The highest BCUT2D eigenvalue weighted by atomic mass is 19.4. The minimum Gasteiger partial charge on any atom is -0.313 e. The molecule has 1 aliphatic heterocycles. The van der Waals surface area contributed by atoms with Crippen molar-refractivity contribution in [2.75, 3.05) is 6.54 Å². The molecule has 5 rings (SSSR count). The zero-order valence-corrected chi connectivity index (χ0v) is 20.6. The Labute approximate surface area is 214 Å². The molecule has 0 saturated carbocycles. The van der Waals surface area contributed by atoms with Crippen LogP contribution >= 0.6 is 0 Å². The highest BCUT2D eigenvalue weighted by molar-refractivity contribution is 6.06. The van der Waals surface area contributed by atoms with E-state index < -0.39 is 23.6 Å². The third kappa shape index (κ3) is 4.72. The van der Waals surface area contributed by atoms with Crippen LogP contribution in [0.4, 0.5) is 13.2 Å². The molecule has 0 saturated heterocycles. The van der Waals surface area contributed by atoms with Gasteiger partial charge in [-0.1, -0.05) is 30.4 Å². The smallest absolute Gasteiger partial charge is 0.313 e. The van der Waals surface area contributed by atoms with Crippen LogP contribution in [0.25, 0.3) is 5.57 Å². The van der Waals surface area contributed by atoms with Crippen LogP contribution in [0.5, 0.6) is 0 Å². The standard InChI is InChI=1S/C29H28F3N3O2/c1-2-34-24-15-14-22(29(30,31)32)17-25(24)35(23-8-4-3-5-9-23)28(37)26(27(34)36)20-12-10-19(11-13-20)21-7-6-16-33-18-21/h4,6-10,12,16-18,26H,2-3,5,11,13-15H2,1H3. The lowest BCUT2D eigenvalue weighted by atomic mass is 9.85. The van der Waals surface area contributed by atoms with Crippen molar-refractivity contribution in [1.29, 1.82) is 0 Å². The van der Waals surface area contributed by atoms with Gasteiger partial charge in [0.25, 0.3) is 0 Å². The molecule has 0 N–H and O–H groups in total. The van der Waals surface area contributed by atoms with E-state index in [-0.39, 0.29) is 31.0 Å². The minimum atomic E-state index is -4.50. The molecule has 0 aromatic carbocycles. The van der Waals surface area contributed by atoms with E-state index >= 15 is 0 Å². The number of rotatable bonds is 4. The molecule has 1 unspecified atom stereocenters. The van der Waals surface area contributed by atoms with Crippen molar-refractivity contribution in [3.05, 3.63) is 94.8 Å². The lowest BCUT2D eigenvalue weighted by Crippen LogP contribution is -2.41. The van der Waals surface area contributed by atoms with Gasteiger partial charge in [-0.25, -0.2) is 0 Å². The van der Waals surface area contributed by atoms with Crippen LogP contribution in [0.3, 0.4) is 0 Å². The molecule has 1 atom stereocenters. The Kier molecular flexibility index (Phi) is 6.75. The molecular weight excluding hydrogens is 479 g/mol. The monoisotopic (exact) mass is 507 g/mol. The van der Waals surface area contributed by atoms with Crippen molar-refractivity contribution >= 4 is 17.4 Å². The van der Waals surface area contributed by atoms with Gasteiger partial charge in [-0.05, 0) is 80.4 Å². The minimum absolute atomic E-state index is 0.0395. The molecule has 0 fully saturated rings. The molecule has 192 valence electrons. The first-order chi connectivity index (χ1) is 17.8. The quantitative estimate of drug-likeness (QED) is 0.455. The number of alkyl halides is 3. The number of amides is 2. The fourth-order valence-electron chi connectivity index (χ4n) is 5.42. The van der Waals surface area contributed by atoms with Gasteiger partial charge in [0.05, 0.1) is 5.70 Å². The summed E-state index contributed by atoms with van der Waals surface area (Å²) in [5.41, 5.74) is 3.16. The molecule has 4 aliphatic rings. The molecule has 1 aromatic rings. The van der Waals surface area contributed by atoms with Gasteiger partial charge in [0.15, 0.2) is 0 Å². The first-order valence-electron chi connectivity index (χ1n) is 12.6. The SMILES string of the molecule is CCN1C(=O)C(C2=CC=C(c3cccnc3)CC2)C(=O)N(C2=CCCC=C2)C2=C1CCC(C(F)(F)F)=C2. The van der Waals surface area contributed by atoms with Gasteiger partial charge >= 0.3 is 6.18 Å². The lowest BCUT2D eigenvalue weighted by Gasteiger charge is -2.32. The van der Waals surface area contributed by atoms with Gasteiger partial charge in [0.2, 0.25) is 11.8 Å². The first kappa shape index (κ1) is 25.0. The van der Waals surface area contributed by atoms with Crippen molar-refractivity contribution < 1.29 is 22.8 Å². The van der Waals surface area contributed by atoms with Crippen LogP contribution < -0.4 is 0 Å². The van der Waals surface area contributed by atoms with E-state index in [0.29, 0.717) is 36.2 Å². The molecule has 0 bridgehead atoms. The molecule has 0 spiro atoms. The van der Waals surface area contributed by atoms with Crippen molar-refractivity contribution in [2.45, 2.75) is 51.6 Å². The number of pyridine rings is 1. The van der Waals surface area contributed by atoms with E-state index in [9.17, 15) is 22.8 Å². The van der Waals surface area contributed by atoms with Gasteiger partial charge in [0, 0.05) is 35.9 Å².